The Morgan fingerprint density at radius 3 is 2.17 bits per heavy atom. The number of anilines is 1. The van der Waals surface area contributed by atoms with Gasteiger partial charge >= 0.3 is 0 Å². The molecule has 234 valence electrons. The van der Waals surface area contributed by atoms with E-state index in [2.05, 4.69) is 184 Å². The topological polar surface area (TPSA) is 24.1 Å². The number of fused-ring (bicyclic) bond motifs is 1. The Hall–Kier alpha value is -4.66. The maximum Gasteiger partial charge on any atom is 0.0730 e. The minimum atomic E-state index is 0.0788. The number of nitrogens with one attached hydrogen (secondary N) is 2. The summed E-state index contributed by atoms with van der Waals surface area (Å²) in [6.45, 7) is 8.90. The van der Waals surface area contributed by atoms with Crippen LogP contribution in [0.3, 0.4) is 0 Å². The zero-order valence-corrected chi connectivity index (χ0v) is 28.0. The van der Waals surface area contributed by atoms with Gasteiger partial charge in [0.25, 0.3) is 0 Å². The van der Waals surface area contributed by atoms with Crippen LogP contribution in [0.15, 0.2) is 151 Å². The zero-order valence-electron chi connectivity index (χ0n) is 28.0. The molecule has 0 aliphatic heterocycles. The standard InChI is InChI=1S/C44H48N2/c1-32(2)27-39(26-25-34(4)45-5)40-28-41(43-31-38-24-16-15-19-35(38)18-10-6-9-17-33(43)3)30-42(29-40)46-44(36-20-11-7-12-21-36)37-22-13-8-14-23-37/h6-13,15-22,24-32,34,44-46H,14,23H2,1-5H3/b9-6?,10-6?,17-9?,18-10?,26-25-,33-17?,35-18?,38-31?,39-27-,43-31?,43-33?. The third-order valence-corrected chi connectivity index (χ3v) is 8.54. The summed E-state index contributed by atoms with van der Waals surface area (Å²) < 4.78 is 0. The highest BCUT2D eigenvalue weighted by Gasteiger charge is 2.18. The first-order valence-corrected chi connectivity index (χ1v) is 16.6. The van der Waals surface area contributed by atoms with Crippen molar-refractivity contribution < 1.29 is 0 Å². The predicted octanol–water partition coefficient (Wildman–Crippen LogP) is 11.6. The molecule has 0 spiro atoms. The predicted molar refractivity (Wildman–Crippen MR) is 201 cm³/mol. The summed E-state index contributed by atoms with van der Waals surface area (Å²) >= 11 is 0. The van der Waals surface area contributed by atoms with Gasteiger partial charge in [-0.15, -0.1) is 0 Å². The lowest BCUT2D eigenvalue weighted by Crippen LogP contribution is -2.17. The van der Waals surface area contributed by atoms with Crippen LogP contribution in [-0.4, -0.2) is 13.1 Å². The number of aryl methyl sites for hydroxylation is 1. The van der Waals surface area contributed by atoms with E-state index in [1.807, 2.05) is 7.05 Å². The van der Waals surface area contributed by atoms with Gasteiger partial charge in [-0.2, -0.15) is 0 Å². The summed E-state index contributed by atoms with van der Waals surface area (Å²) in [6, 6.07) is 40.0. The zero-order chi connectivity index (χ0) is 32.3. The largest absolute Gasteiger partial charge is 0.374 e. The fraction of sp³-hybridized carbons (Fsp3) is 0.227. The fourth-order valence-electron chi connectivity index (χ4n) is 5.94. The van der Waals surface area contributed by atoms with Gasteiger partial charge in [0.05, 0.1) is 6.04 Å². The summed E-state index contributed by atoms with van der Waals surface area (Å²) in [5, 5.41) is 9.78. The first kappa shape index (κ1) is 32.7. The molecule has 2 N–H and O–H groups in total. The number of rotatable bonds is 10. The minimum absolute atomic E-state index is 0.0788. The Morgan fingerprint density at radius 1 is 0.783 bits per heavy atom. The van der Waals surface area contributed by atoms with Crippen molar-refractivity contribution in [3.8, 4) is 11.1 Å². The lowest BCUT2D eigenvalue weighted by molar-refractivity contribution is 0.729. The summed E-state index contributed by atoms with van der Waals surface area (Å²) in [5.41, 5.74) is 9.84. The molecule has 4 aromatic carbocycles. The molecule has 0 saturated heterocycles. The van der Waals surface area contributed by atoms with Crippen LogP contribution in [0.2, 0.25) is 0 Å². The van der Waals surface area contributed by atoms with Gasteiger partial charge in [-0.1, -0.05) is 135 Å². The summed E-state index contributed by atoms with van der Waals surface area (Å²) in [5.74, 6) is 0.402. The Kier molecular flexibility index (Phi) is 11.4. The van der Waals surface area contributed by atoms with E-state index >= 15 is 0 Å². The van der Waals surface area contributed by atoms with Crippen LogP contribution in [0, 0.1) is 12.8 Å². The van der Waals surface area contributed by atoms with Crippen LogP contribution in [-0.2, 0) is 0 Å². The average molecular weight is 605 g/mol. The molecule has 0 heterocycles. The highest BCUT2D eigenvalue weighted by atomic mass is 14.9. The van der Waals surface area contributed by atoms with Gasteiger partial charge in [0, 0.05) is 11.7 Å². The van der Waals surface area contributed by atoms with Crippen LogP contribution in [0.4, 0.5) is 5.69 Å². The second-order valence-corrected chi connectivity index (χ2v) is 12.6. The number of hydrogen-bond donors (Lipinski definition) is 2. The molecule has 0 aromatic heterocycles. The van der Waals surface area contributed by atoms with Crippen molar-refractivity contribution in [2.45, 2.75) is 52.6 Å². The van der Waals surface area contributed by atoms with E-state index in [1.54, 1.807) is 0 Å². The number of hydrogen-bond acceptors (Lipinski definition) is 2. The average Bonchev–Trinajstić information content (AvgIpc) is 3.08. The van der Waals surface area contributed by atoms with Gasteiger partial charge in [0.15, 0.2) is 0 Å². The van der Waals surface area contributed by atoms with Gasteiger partial charge in [0.2, 0.25) is 0 Å². The van der Waals surface area contributed by atoms with Crippen molar-refractivity contribution in [3.05, 3.63) is 168 Å². The molecule has 1 aliphatic rings. The molecule has 2 unspecified atom stereocenters. The number of benzene rings is 3. The quantitative estimate of drug-likeness (QED) is 0.176. The smallest absolute Gasteiger partial charge is 0.0730 e. The second kappa shape index (κ2) is 16.1. The monoisotopic (exact) mass is 604 g/mol. The maximum atomic E-state index is 4.02. The van der Waals surface area contributed by atoms with Crippen molar-refractivity contribution in [3.63, 3.8) is 0 Å². The van der Waals surface area contributed by atoms with E-state index in [9.17, 15) is 0 Å². The Balaban J connectivity index is 1.75. The van der Waals surface area contributed by atoms with E-state index in [-0.39, 0.29) is 12.1 Å². The van der Waals surface area contributed by atoms with Crippen molar-refractivity contribution in [1.29, 1.82) is 0 Å². The van der Waals surface area contributed by atoms with Crippen molar-refractivity contribution >= 4 is 22.0 Å². The molecule has 2 nitrogen and oxygen atoms in total. The molecule has 0 radical (unpaired) electrons. The molecule has 0 bridgehead atoms. The molecule has 0 amide bonds. The molecule has 2 heteroatoms. The lowest BCUT2D eigenvalue weighted by Gasteiger charge is -2.26. The van der Waals surface area contributed by atoms with Gasteiger partial charge in [-0.25, -0.2) is 0 Å². The molecule has 2 atom stereocenters. The van der Waals surface area contributed by atoms with Crippen molar-refractivity contribution in [2.75, 3.05) is 12.4 Å². The maximum absolute atomic E-state index is 4.02. The lowest BCUT2D eigenvalue weighted by atomic mass is 9.91. The molecule has 1 aliphatic carbocycles. The molecular formula is C44H48N2. The van der Waals surface area contributed by atoms with Gasteiger partial charge in [-0.05, 0) is 114 Å². The number of likely N-dealkylation sites (N-methyl/N-ethyl adjacent to an activating group) is 1. The Bertz CT molecular complexity index is 1800. The molecule has 46 heavy (non-hydrogen) atoms. The first-order valence-electron chi connectivity index (χ1n) is 16.6. The van der Waals surface area contributed by atoms with Crippen LogP contribution in [0.1, 0.15) is 56.3 Å². The van der Waals surface area contributed by atoms with E-state index in [4.69, 9.17) is 0 Å². The third-order valence-electron chi connectivity index (χ3n) is 8.54. The molecule has 0 saturated carbocycles. The van der Waals surface area contributed by atoms with Crippen LogP contribution < -0.4 is 10.6 Å². The Labute approximate surface area is 276 Å². The van der Waals surface area contributed by atoms with Crippen molar-refractivity contribution in [1.82, 2.24) is 5.32 Å². The first-order chi connectivity index (χ1) is 22.4. The summed E-state index contributed by atoms with van der Waals surface area (Å²) in [4.78, 5) is 0. The fourth-order valence-corrected chi connectivity index (χ4v) is 5.94. The van der Waals surface area contributed by atoms with E-state index < -0.39 is 0 Å². The second-order valence-electron chi connectivity index (χ2n) is 12.6. The molecule has 4 aromatic rings. The summed E-state index contributed by atoms with van der Waals surface area (Å²) in [6.07, 6.45) is 15.8. The number of allylic oxidation sites excluding steroid dienone is 6. The van der Waals surface area contributed by atoms with E-state index in [1.165, 1.54) is 49.7 Å². The molecular weight excluding hydrogens is 556 g/mol. The van der Waals surface area contributed by atoms with E-state index in [0.29, 0.717) is 5.92 Å². The van der Waals surface area contributed by atoms with E-state index in [0.717, 1.165) is 18.5 Å². The normalized spacial score (nSPS) is 14.7. The van der Waals surface area contributed by atoms with Gasteiger partial charge < -0.3 is 10.6 Å². The van der Waals surface area contributed by atoms with Gasteiger partial charge in [-0.3, -0.25) is 0 Å². The minimum Gasteiger partial charge on any atom is -0.374 e. The van der Waals surface area contributed by atoms with Crippen LogP contribution in [0.5, 0.6) is 0 Å². The highest BCUT2D eigenvalue weighted by molar-refractivity contribution is 5.87. The summed E-state index contributed by atoms with van der Waals surface area (Å²) in [7, 11) is 2.00. The van der Waals surface area contributed by atoms with Crippen LogP contribution in [0.25, 0.3) is 27.5 Å². The van der Waals surface area contributed by atoms with Crippen LogP contribution >= 0.6 is 0 Å². The molecule has 5 rings (SSSR count). The Morgan fingerprint density at radius 2 is 1.48 bits per heavy atom. The van der Waals surface area contributed by atoms with Gasteiger partial charge in [0.1, 0.15) is 0 Å². The SMILES string of the molecule is CNC(C)/C=C\C(=C\C(C)C)c1cc(NC(C2=CC=CCC2)c2ccccc2)cc(-c2cc3ccccc3cccccc2C)c1. The molecule has 0 fully saturated rings. The van der Waals surface area contributed by atoms with Crippen molar-refractivity contribution in [2.24, 2.45) is 5.92 Å². The third kappa shape index (κ3) is 8.74. The highest BCUT2D eigenvalue weighted by Crippen LogP contribution is 2.36.